The van der Waals surface area contributed by atoms with Gasteiger partial charge in [0, 0.05) is 31.7 Å². The molecule has 3 rings (SSSR count). The van der Waals surface area contributed by atoms with Gasteiger partial charge >= 0.3 is 0 Å². The molecule has 0 fully saturated rings. The zero-order chi connectivity index (χ0) is 22.8. The minimum Gasteiger partial charge on any atom is -0.489 e. The van der Waals surface area contributed by atoms with Crippen LogP contribution < -0.4 is 20.7 Å². The van der Waals surface area contributed by atoms with Crippen LogP contribution in [0.2, 0.25) is 0 Å². The van der Waals surface area contributed by atoms with Crippen molar-refractivity contribution in [3.63, 3.8) is 0 Å². The maximum atomic E-state index is 12.2. The van der Waals surface area contributed by atoms with Crippen molar-refractivity contribution >= 4 is 17.6 Å². The molecule has 168 valence electrons. The highest BCUT2D eigenvalue weighted by Crippen LogP contribution is 2.14. The normalized spacial score (nSPS) is 12.2. The topological polar surface area (TPSA) is 92.6 Å². The zero-order valence-corrected chi connectivity index (χ0v) is 18.7. The van der Waals surface area contributed by atoms with Gasteiger partial charge in [0.1, 0.15) is 18.4 Å². The van der Waals surface area contributed by atoms with Crippen molar-refractivity contribution in [1.82, 2.24) is 20.4 Å². The minimum absolute atomic E-state index is 0.0244. The molecule has 0 aliphatic carbocycles. The Hall–Kier alpha value is -3.81. The summed E-state index contributed by atoms with van der Waals surface area (Å²) in [5.74, 6) is 1.41. The molecule has 1 aromatic heterocycles. The van der Waals surface area contributed by atoms with Gasteiger partial charge < -0.3 is 20.7 Å². The summed E-state index contributed by atoms with van der Waals surface area (Å²) in [6, 6.07) is 17.5. The number of guanidine groups is 1. The lowest BCUT2D eigenvalue weighted by molar-refractivity contribution is -0.116. The number of hydrogen-bond acceptors (Lipinski definition) is 4. The molecule has 0 aliphatic rings. The van der Waals surface area contributed by atoms with Gasteiger partial charge in [0.2, 0.25) is 5.91 Å². The average molecular weight is 435 g/mol. The van der Waals surface area contributed by atoms with Crippen LogP contribution in [0.3, 0.4) is 0 Å². The standard InChI is InChI=1S/C24H30N6O2/c1-18-7-4-10-22(13-18)32-19(2)15-26-24(25-3)27-16-20-8-5-9-21(14-20)29-23(31)17-30-12-6-11-28-30/h4-14,19H,15-17H2,1-3H3,(H,29,31)(H2,25,26,27). The highest BCUT2D eigenvalue weighted by molar-refractivity contribution is 5.90. The Morgan fingerprint density at radius 1 is 1.16 bits per heavy atom. The fourth-order valence-electron chi connectivity index (χ4n) is 3.11. The number of anilines is 1. The summed E-state index contributed by atoms with van der Waals surface area (Å²) in [4.78, 5) is 16.4. The average Bonchev–Trinajstić information content (AvgIpc) is 3.27. The van der Waals surface area contributed by atoms with Crippen LogP contribution in [0.5, 0.6) is 5.75 Å². The molecule has 0 bridgehead atoms. The number of rotatable bonds is 9. The van der Waals surface area contributed by atoms with Crippen LogP contribution in [0.1, 0.15) is 18.1 Å². The third-order valence-corrected chi connectivity index (χ3v) is 4.64. The van der Waals surface area contributed by atoms with Gasteiger partial charge in [-0.3, -0.25) is 14.5 Å². The molecule has 0 spiro atoms. The Kier molecular flexibility index (Phi) is 8.25. The quantitative estimate of drug-likeness (QED) is 0.356. The molecule has 0 aliphatic heterocycles. The highest BCUT2D eigenvalue weighted by Gasteiger charge is 2.07. The predicted molar refractivity (Wildman–Crippen MR) is 127 cm³/mol. The monoisotopic (exact) mass is 434 g/mol. The molecule has 32 heavy (non-hydrogen) atoms. The molecule has 1 atom stereocenters. The molecule has 0 radical (unpaired) electrons. The van der Waals surface area contributed by atoms with Gasteiger partial charge in [-0.2, -0.15) is 5.10 Å². The lowest BCUT2D eigenvalue weighted by atomic mass is 10.2. The lowest BCUT2D eigenvalue weighted by Crippen LogP contribution is -2.41. The van der Waals surface area contributed by atoms with E-state index in [9.17, 15) is 4.79 Å². The summed E-state index contributed by atoms with van der Waals surface area (Å²) >= 11 is 0. The predicted octanol–water partition coefficient (Wildman–Crippen LogP) is 2.96. The number of benzene rings is 2. The SMILES string of the molecule is CN=C(NCc1cccc(NC(=O)Cn2cccn2)c1)NCC(C)Oc1cccc(C)c1. The first-order chi connectivity index (χ1) is 15.5. The number of nitrogens with zero attached hydrogens (tertiary/aromatic N) is 3. The molecule has 8 heteroatoms. The summed E-state index contributed by atoms with van der Waals surface area (Å²) in [5, 5.41) is 13.5. The second kappa shape index (κ2) is 11.5. The van der Waals surface area contributed by atoms with E-state index in [0.717, 1.165) is 17.0 Å². The molecular formula is C24H30N6O2. The summed E-state index contributed by atoms with van der Waals surface area (Å²) in [6.45, 7) is 5.40. The number of carbonyl (C=O) groups excluding carboxylic acids is 1. The van der Waals surface area contributed by atoms with E-state index in [1.54, 1.807) is 30.2 Å². The maximum Gasteiger partial charge on any atom is 0.246 e. The largest absolute Gasteiger partial charge is 0.489 e. The molecule has 3 N–H and O–H groups in total. The summed E-state index contributed by atoms with van der Waals surface area (Å²) in [6.07, 6.45) is 3.38. The van der Waals surface area contributed by atoms with Crippen molar-refractivity contribution in [3.8, 4) is 5.75 Å². The fourth-order valence-corrected chi connectivity index (χ4v) is 3.11. The van der Waals surface area contributed by atoms with E-state index in [0.29, 0.717) is 19.0 Å². The Bertz CT molecular complexity index is 1030. The zero-order valence-electron chi connectivity index (χ0n) is 18.7. The van der Waals surface area contributed by atoms with Gasteiger partial charge in [0.25, 0.3) is 0 Å². The Morgan fingerprint density at radius 2 is 2.00 bits per heavy atom. The molecule has 2 aromatic carbocycles. The van der Waals surface area contributed by atoms with Gasteiger partial charge in [-0.15, -0.1) is 0 Å². The van der Waals surface area contributed by atoms with E-state index >= 15 is 0 Å². The van der Waals surface area contributed by atoms with Crippen LogP contribution in [0, 0.1) is 6.92 Å². The first-order valence-electron chi connectivity index (χ1n) is 10.6. The fraction of sp³-hybridized carbons (Fsp3) is 0.292. The van der Waals surface area contributed by atoms with E-state index in [2.05, 4.69) is 26.0 Å². The van der Waals surface area contributed by atoms with Crippen LogP contribution >= 0.6 is 0 Å². The van der Waals surface area contributed by atoms with Crippen molar-refractivity contribution in [2.45, 2.75) is 33.0 Å². The van der Waals surface area contributed by atoms with E-state index < -0.39 is 0 Å². The highest BCUT2D eigenvalue weighted by atomic mass is 16.5. The number of hydrogen-bond donors (Lipinski definition) is 3. The van der Waals surface area contributed by atoms with Crippen LogP contribution in [0.15, 0.2) is 72.0 Å². The second-order valence-corrected chi connectivity index (χ2v) is 7.50. The van der Waals surface area contributed by atoms with Crippen molar-refractivity contribution < 1.29 is 9.53 Å². The van der Waals surface area contributed by atoms with Gasteiger partial charge in [-0.25, -0.2) is 0 Å². The lowest BCUT2D eigenvalue weighted by Gasteiger charge is -2.18. The molecule has 3 aromatic rings. The number of aromatic nitrogens is 2. The molecule has 1 heterocycles. The third kappa shape index (κ3) is 7.46. The number of ether oxygens (including phenoxy) is 1. The number of aliphatic imine (C=N–C) groups is 1. The first kappa shape index (κ1) is 22.9. The number of amides is 1. The first-order valence-corrected chi connectivity index (χ1v) is 10.6. The molecular weight excluding hydrogens is 404 g/mol. The van der Waals surface area contributed by atoms with E-state index in [1.807, 2.05) is 62.4 Å². The van der Waals surface area contributed by atoms with E-state index in [4.69, 9.17) is 4.74 Å². The second-order valence-electron chi connectivity index (χ2n) is 7.50. The Morgan fingerprint density at radius 3 is 2.75 bits per heavy atom. The molecule has 0 saturated carbocycles. The van der Waals surface area contributed by atoms with Gasteiger partial charge in [-0.1, -0.05) is 24.3 Å². The van der Waals surface area contributed by atoms with Crippen molar-refractivity contribution in [2.24, 2.45) is 4.99 Å². The molecule has 1 amide bonds. The number of carbonyl (C=O) groups is 1. The van der Waals surface area contributed by atoms with Crippen LogP contribution in [0.4, 0.5) is 5.69 Å². The molecule has 1 unspecified atom stereocenters. The van der Waals surface area contributed by atoms with E-state index in [-0.39, 0.29) is 18.6 Å². The Balaban J connectivity index is 1.45. The summed E-state index contributed by atoms with van der Waals surface area (Å²) < 4.78 is 7.53. The number of nitrogens with one attached hydrogen (secondary N) is 3. The van der Waals surface area contributed by atoms with Crippen LogP contribution in [0.25, 0.3) is 0 Å². The van der Waals surface area contributed by atoms with Gasteiger partial charge in [0.05, 0.1) is 6.54 Å². The van der Waals surface area contributed by atoms with Crippen molar-refractivity contribution in [3.05, 3.63) is 78.1 Å². The van der Waals surface area contributed by atoms with Crippen molar-refractivity contribution in [2.75, 3.05) is 18.9 Å². The minimum atomic E-state index is -0.126. The smallest absolute Gasteiger partial charge is 0.246 e. The third-order valence-electron chi connectivity index (χ3n) is 4.64. The Labute approximate surface area is 188 Å². The van der Waals surface area contributed by atoms with Gasteiger partial charge in [-0.05, 0) is 55.3 Å². The van der Waals surface area contributed by atoms with E-state index in [1.165, 1.54) is 5.56 Å². The van der Waals surface area contributed by atoms with Crippen molar-refractivity contribution in [1.29, 1.82) is 0 Å². The summed E-state index contributed by atoms with van der Waals surface area (Å²) in [5.41, 5.74) is 2.93. The maximum absolute atomic E-state index is 12.2. The van der Waals surface area contributed by atoms with Crippen LogP contribution in [-0.2, 0) is 17.9 Å². The molecule has 0 saturated heterocycles. The summed E-state index contributed by atoms with van der Waals surface area (Å²) in [7, 11) is 1.73. The molecule has 8 nitrogen and oxygen atoms in total. The van der Waals surface area contributed by atoms with Gasteiger partial charge in [0.15, 0.2) is 5.96 Å². The van der Waals surface area contributed by atoms with Crippen LogP contribution in [-0.4, -0.2) is 41.3 Å². The number of aryl methyl sites for hydroxylation is 1.